The average molecular weight is 123 g/mol. The minimum Gasteiger partial charge on any atom is -0.405 e. The fourth-order valence-electron chi connectivity index (χ4n) is 1.09. The fourth-order valence-corrected chi connectivity index (χ4v) is 1.09. The van der Waals surface area contributed by atoms with Gasteiger partial charge in [-0.3, -0.25) is 0 Å². The summed E-state index contributed by atoms with van der Waals surface area (Å²) in [5.74, 6) is 1.33. The zero-order chi connectivity index (χ0) is 6.85. The normalized spacial score (nSPS) is 29.0. The Balaban J connectivity index is 2.35. The summed E-state index contributed by atoms with van der Waals surface area (Å²) in [4.78, 5) is 0. The Kier molecular flexibility index (Phi) is 1.60. The van der Waals surface area contributed by atoms with Gasteiger partial charge in [0.15, 0.2) is 0 Å². The smallest absolute Gasteiger partial charge is 0.0100 e. The van der Waals surface area contributed by atoms with Crippen LogP contribution in [0.25, 0.3) is 0 Å². The lowest BCUT2D eigenvalue weighted by molar-refractivity contribution is 0.647. The van der Waals surface area contributed by atoms with E-state index in [1.165, 1.54) is 12.0 Å². The van der Waals surface area contributed by atoms with Gasteiger partial charge in [0, 0.05) is 0 Å². The van der Waals surface area contributed by atoms with Crippen molar-refractivity contribution in [3.05, 3.63) is 24.4 Å². The number of rotatable bonds is 2. The Morgan fingerprint density at radius 3 is 2.78 bits per heavy atom. The first kappa shape index (κ1) is 6.40. The molecule has 0 heterocycles. The molecule has 2 unspecified atom stereocenters. The van der Waals surface area contributed by atoms with Gasteiger partial charge >= 0.3 is 0 Å². The molecule has 1 heteroatoms. The lowest BCUT2D eigenvalue weighted by Crippen LogP contribution is -1.92. The predicted molar refractivity (Wildman–Crippen MR) is 39.7 cm³/mol. The Hall–Kier alpha value is -0.720. The van der Waals surface area contributed by atoms with Crippen molar-refractivity contribution in [1.29, 1.82) is 0 Å². The maximum absolute atomic E-state index is 5.23. The Morgan fingerprint density at radius 2 is 2.44 bits per heavy atom. The van der Waals surface area contributed by atoms with Gasteiger partial charge in [0.05, 0.1) is 0 Å². The maximum Gasteiger partial charge on any atom is -0.0100 e. The van der Waals surface area contributed by atoms with Gasteiger partial charge in [-0.1, -0.05) is 25.2 Å². The summed E-state index contributed by atoms with van der Waals surface area (Å²) in [5, 5.41) is 0. The molecule has 0 aliphatic heterocycles. The molecule has 1 aliphatic rings. The van der Waals surface area contributed by atoms with E-state index in [4.69, 9.17) is 5.73 Å². The molecule has 1 rings (SSSR count). The third-order valence-corrected chi connectivity index (χ3v) is 1.90. The van der Waals surface area contributed by atoms with E-state index in [9.17, 15) is 0 Å². The highest BCUT2D eigenvalue weighted by atomic mass is 14.5. The molecule has 2 atom stereocenters. The number of hydrogen-bond acceptors (Lipinski definition) is 1. The lowest BCUT2D eigenvalue weighted by atomic mass is 10.1. The summed E-state index contributed by atoms with van der Waals surface area (Å²) in [6.07, 6.45) is 4.85. The van der Waals surface area contributed by atoms with Gasteiger partial charge < -0.3 is 5.73 Å². The minimum absolute atomic E-state index is 0.600. The topological polar surface area (TPSA) is 26.0 Å². The molecule has 0 aromatic carbocycles. The minimum atomic E-state index is 0.600. The van der Waals surface area contributed by atoms with E-state index in [-0.39, 0.29) is 0 Å². The first-order chi connectivity index (χ1) is 4.25. The van der Waals surface area contributed by atoms with Gasteiger partial charge in [-0.2, -0.15) is 0 Å². The third-order valence-electron chi connectivity index (χ3n) is 1.90. The standard InChI is InChI=1S/C8H13N/c1-6(3-4-9)8-5-7(8)2/h3-4,6,8H,2,5,9H2,1H3/b4-3+. The van der Waals surface area contributed by atoms with E-state index >= 15 is 0 Å². The Labute approximate surface area is 56.2 Å². The van der Waals surface area contributed by atoms with Crippen molar-refractivity contribution in [2.24, 2.45) is 17.6 Å². The van der Waals surface area contributed by atoms with Crippen molar-refractivity contribution in [2.45, 2.75) is 13.3 Å². The Bertz CT molecular complexity index is 147. The van der Waals surface area contributed by atoms with E-state index < -0.39 is 0 Å². The van der Waals surface area contributed by atoms with Gasteiger partial charge in [0.1, 0.15) is 0 Å². The van der Waals surface area contributed by atoms with Crippen LogP contribution in [0.4, 0.5) is 0 Å². The van der Waals surface area contributed by atoms with E-state index in [0.717, 1.165) is 5.92 Å². The molecule has 0 saturated heterocycles. The molecule has 0 spiro atoms. The first-order valence-corrected chi connectivity index (χ1v) is 3.31. The molecule has 0 radical (unpaired) electrons. The molecule has 0 amide bonds. The lowest BCUT2D eigenvalue weighted by Gasteiger charge is -1.98. The van der Waals surface area contributed by atoms with Crippen molar-refractivity contribution in [3.63, 3.8) is 0 Å². The van der Waals surface area contributed by atoms with E-state index in [1.807, 2.05) is 6.08 Å². The van der Waals surface area contributed by atoms with Crippen LogP contribution in [-0.2, 0) is 0 Å². The maximum atomic E-state index is 5.23. The molecule has 50 valence electrons. The van der Waals surface area contributed by atoms with Crippen LogP contribution in [0.2, 0.25) is 0 Å². The van der Waals surface area contributed by atoms with Crippen LogP contribution in [0.15, 0.2) is 24.4 Å². The summed E-state index contributed by atoms with van der Waals surface area (Å²) < 4.78 is 0. The Morgan fingerprint density at radius 1 is 1.89 bits per heavy atom. The molecule has 1 saturated carbocycles. The second-order valence-electron chi connectivity index (χ2n) is 2.71. The zero-order valence-corrected chi connectivity index (χ0v) is 5.80. The van der Waals surface area contributed by atoms with Gasteiger partial charge in [0.25, 0.3) is 0 Å². The third kappa shape index (κ3) is 1.35. The van der Waals surface area contributed by atoms with Crippen LogP contribution in [-0.4, -0.2) is 0 Å². The number of nitrogens with two attached hydrogens (primary N) is 1. The van der Waals surface area contributed by atoms with Crippen molar-refractivity contribution < 1.29 is 0 Å². The highest BCUT2D eigenvalue weighted by Gasteiger charge is 2.30. The summed E-state index contributed by atoms with van der Waals surface area (Å²) in [5.41, 5.74) is 6.61. The van der Waals surface area contributed by atoms with Crippen LogP contribution in [0.3, 0.4) is 0 Å². The van der Waals surface area contributed by atoms with Crippen molar-refractivity contribution in [3.8, 4) is 0 Å². The van der Waals surface area contributed by atoms with Crippen LogP contribution in [0.1, 0.15) is 13.3 Å². The summed E-state index contributed by atoms with van der Waals surface area (Å²) in [7, 11) is 0. The van der Waals surface area contributed by atoms with E-state index in [0.29, 0.717) is 5.92 Å². The average Bonchev–Trinajstić information content (AvgIpc) is 2.47. The van der Waals surface area contributed by atoms with Crippen molar-refractivity contribution >= 4 is 0 Å². The van der Waals surface area contributed by atoms with Crippen LogP contribution in [0.5, 0.6) is 0 Å². The summed E-state index contributed by atoms with van der Waals surface area (Å²) in [6.45, 7) is 6.05. The van der Waals surface area contributed by atoms with E-state index in [2.05, 4.69) is 13.5 Å². The molecule has 1 fully saturated rings. The van der Waals surface area contributed by atoms with Crippen molar-refractivity contribution in [2.75, 3.05) is 0 Å². The highest BCUT2D eigenvalue weighted by Crippen LogP contribution is 2.42. The molecule has 1 aliphatic carbocycles. The van der Waals surface area contributed by atoms with Gasteiger partial charge in [-0.25, -0.2) is 0 Å². The number of hydrogen-bond donors (Lipinski definition) is 1. The molecular formula is C8H13N. The van der Waals surface area contributed by atoms with Gasteiger partial charge in [0.2, 0.25) is 0 Å². The quantitative estimate of drug-likeness (QED) is 0.555. The second-order valence-corrected chi connectivity index (χ2v) is 2.71. The molecule has 9 heavy (non-hydrogen) atoms. The number of allylic oxidation sites excluding steroid dienone is 2. The van der Waals surface area contributed by atoms with Crippen LogP contribution >= 0.6 is 0 Å². The molecule has 0 aromatic heterocycles. The van der Waals surface area contributed by atoms with Crippen LogP contribution < -0.4 is 5.73 Å². The SMILES string of the molecule is C=C1CC1C(C)/C=C/N. The monoisotopic (exact) mass is 123 g/mol. The molecule has 1 nitrogen and oxygen atoms in total. The highest BCUT2D eigenvalue weighted by molar-refractivity contribution is 5.22. The molecule has 0 aromatic rings. The van der Waals surface area contributed by atoms with Gasteiger partial charge in [-0.05, 0) is 24.5 Å². The van der Waals surface area contributed by atoms with Crippen molar-refractivity contribution in [1.82, 2.24) is 0 Å². The summed E-state index contributed by atoms with van der Waals surface area (Å²) >= 11 is 0. The molecule has 0 bridgehead atoms. The van der Waals surface area contributed by atoms with E-state index in [1.54, 1.807) is 6.20 Å². The molecular weight excluding hydrogens is 110 g/mol. The summed E-state index contributed by atoms with van der Waals surface area (Å²) in [6, 6.07) is 0. The van der Waals surface area contributed by atoms with Crippen LogP contribution in [0, 0.1) is 11.8 Å². The molecule has 2 N–H and O–H groups in total. The first-order valence-electron chi connectivity index (χ1n) is 3.31. The van der Waals surface area contributed by atoms with Gasteiger partial charge in [-0.15, -0.1) is 0 Å². The largest absolute Gasteiger partial charge is 0.405 e. The second kappa shape index (κ2) is 2.26. The zero-order valence-electron chi connectivity index (χ0n) is 5.80. The predicted octanol–water partition coefficient (Wildman–Crippen LogP) is 1.67. The fraction of sp³-hybridized carbons (Fsp3) is 0.500.